The first-order chi connectivity index (χ1) is 15.6. The van der Waals surface area contributed by atoms with Crippen LogP contribution in [0.25, 0.3) is 11.1 Å². The number of hydrogen-bond donors (Lipinski definition) is 3. The average molecular weight is 483 g/mol. The number of thiazole rings is 1. The van der Waals surface area contributed by atoms with Crippen molar-refractivity contribution < 1.29 is 22.4 Å². The highest BCUT2D eigenvalue weighted by Crippen LogP contribution is 2.39. The maximum absolute atomic E-state index is 15.5. The van der Waals surface area contributed by atoms with Gasteiger partial charge in [0, 0.05) is 43.1 Å². The Bertz CT molecular complexity index is 1180. The van der Waals surface area contributed by atoms with Crippen LogP contribution in [-0.4, -0.2) is 45.7 Å². The van der Waals surface area contributed by atoms with Crippen LogP contribution in [0.5, 0.6) is 0 Å². The van der Waals surface area contributed by atoms with Crippen molar-refractivity contribution in [3.05, 3.63) is 40.5 Å². The van der Waals surface area contributed by atoms with Crippen LogP contribution in [0.1, 0.15) is 23.3 Å². The number of hydrogen-bond acceptors (Lipinski definition) is 7. The summed E-state index contributed by atoms with van der Waals surface area (Å²) in [5, 5.41) is 7.75. The number of nitrogens with zero attached hydrogens (tertiary/aromatic N) is 4. The third-order valence-corrected chi connectivity index (χ3v) is 6.18. The van der Waals surface area contributed by atoms with Gasteiger partial charge in [0.15, 0.2) is 11.6 Å². The van der Waals surface area contributed by atoms with Gasteiger partial charge in [-0.05, 0) is 12.5 Å². The zero-order valence-electron chi connectivity index (χ0n) is 17.5. The van der Waals surface area contributed by atoms with E-state index < -0.39 is 47.3 Å². The Kier molecular flexibility index (Phi) is 6.01. The Morgan fingerprint density at radius 1 is 1.27 bits per heavy atom. The summed E-state index contributed by atoms with van der Waals surface area (Å²) in [7, 11) is 1.58. The lowest BCUT2D eigenvalue weighted by Crippen LogP contribution is -2.40. The maximum atomic E-state index is 15.5. The Hall–Kier alpha value is -3.19. The molecule has 176 valence electrons. The van der Waals surface area contributed by atoms with E-state index in [-0.39, 0.29) is 36.3 Å². The van der Waals surface area contributed by atoms with E-state index in [1.54, 1.807) is 11.9 Å². The molecule has 3 aromatic rings. The molecule has 1 aliphatic heterocycles. The molecule has 1 aromatic carbocycles. The molecule has 4 rings (SSSR count). The number of benzene rings is 1. The summed E-state index contributed by atoms with van der Waals surface area (Å²) in [5.74, 6) is -5.70. The fourth-order valence-electron chi connectivity index (χ4n) is 3.76. The zero-order valence-corrected chi connectivity index (χ0v) is 18.3. The number of amides is 1. The van der Waals surface area contributed by atoms with Crippen LogP contribution < -0.4 is 21.7 Å². The van der Waals surface area contributed by atoms with Gasteiger partial charge in [0.1, 0.15) is 17.2 Å². The van der Waals surface area contributed by atoms with E-state index in [2.05, 4.69) is 15.4 Å². The van der Waals surface area contributed by atoms with Gasteiger partial charge in [-0.25, -0.2) is 22.5 Å². The minimum atomic E-state index is -3.04. The number of rotatable bonds is 4. The molecule has 0 aliphatic carbocycles. The number of anilines is 3. The number of halogens is 4. The van der Waals surface area contributed by atoms with Crippen molar-refractivity contribution in [3.63, 3.8) is 0 Å². The zero-order chi connectivity index (χ0) is 23.9. The molecule has 0 spiro atoms. The Labute approximate surface area is 190 Å². The molecule has 13 heteroatoms. The molecule has 2 aromatic heterocycles. The van der Waals surface area contributed by atoms with E-state index >= 15 is 4.39 Å². The van der Waals surface area contributed by atoms with Crippen molar-refractivity contribution in [1.29, 1.82) is 0 Å². The number of carbonyl (C=O) groups is 1. The van der Waals surface area contributed by atoms with E-state index in [4.69, 9.17) is 11.5 Å². The molecule has 5 N–H and O–H groups in total. The Morgan fingerprint density at radius 3 is 2.73 bits per heavy atom. The molecule has 1 fully saturated rings. The van der Waals surface area contributed by atoms with E-state index in [0.29, 0.717) is 5.82 Å². The number of alkyl halides is 2. The van der Waals surface area contributed by atoms with Crippen molar-refractivity contribution in [3.8, 4) is 11.1 Å². The molecule has 1 atom stereocenters. The monoisotopic (exact) mass is 483 g/mol. The summed E-state index contributed by atoms with van der Waals surface area (Å²) in [6.45, 7) is 0.147. The largest absolute Gasteiger partial charge is 0.396 e. The molecule has 1 aliphatic rings. The first kappa shape index (κ1) is 23.0. The second-order valence-corrected chi connectivity index (χ2v) is 8.46. The molecule has 1 unspecified atom stereocenters. The number of aromatic nitrogens is 3. The van der Waals surface area contributed by atoms with Crippen LogP contribution in [-0.2, 0) is 7.05 Å². The molecule has 0 saturated carbocycles. The molecule has 8 nitrogen and oxygen atoms in total. The fourth-order valence-corrected chi connectivity index (χ4v) is 4.29. The summed E-state index contributed by atoms with van der Waals surface area (Å²) in [4.78, 5) is 17.8. The van der Waals surface area contributed by atoms with Gasteiger partial charge in [0.05, 0.1) is 23.4 Å². The topological polar surface area (TPSA) is 115 Å². The standard InChI is InChI=1S/C20H21F4N7OS/c1-30-19(31-4-2-14(26)20(23,24)3-5-31)11(7-28-30)10-6-12(25)16(22)17(15(10)21)29-18(32)13-8-33-9-27-13/h6-9,14H,2-5,25-26H2,1H3,(H,29,32). The summed E-state index contributed by atoms with van der Waals surface area (Å²) in [5.41, 5.74) is 11.7. The molecular weight excluding hydrogens is 462 g/mol. The summed E-state index contributed by atoms with van der Waals surface area (Å²) in [6.07, 6.45) is 0.864. The molecule has 0 radical (unpaired) electrons. The number of carbonyl (C=O) groups excluding carboxylic acids is 1. The fraction of sp³-hybridized carbons (Fsp3) is 0.350. The lowest BCUT2D eigenvalue weighted by molar-refractivity contribution is -0.0274. The van der Waals surface area contributed by atoms with Gasteiger partial charge in [0.25, 0.3) is 11.8 Å². The van der Waals surface area contributed by atoms with Crippen molar-refractivity contribution in [2.75, 3.05) is 29.0 Å². The van der Waals surface area contributed by atoms with Gasteiger partial charge in [-0.15, -0.1) is 11.3 Å². The number of aryl methyl sites for hydroxylation is 1. The molecule has 1 amide bonds. The second kappa shape index (κ2) is 8.63. The highest BCUT2D eigenvalue weighted by atomic mass is 32.1. The minimum Gasteiger partial charge on any atom is -0.396 e. The summed E-state index contributed by atoms with van der Waals surface area (Å²) >= 11 is 1.15. The van der Waals surface area contributed by atoms with Crippen molar-refractivity contribution >= 4 is 34.4 Å². The van der Waals surface area contributed by atoms with E-state index in [1.807, 2.05) is 0 Å². The molecule has 0 bridgehead atoms. The average Bonchev–Trinajstić information content (AvgIpc) is 3.41. The van der Waals surface area contributed by atoms with Crippen LogP contribution in [0.15, 0.2) is 23.2 Å². The van der Waals surface area contributed by atoms with Crippen LogP contribution in [0.4, 0.5) is 34.8 Å². The van der Waals surface area contributed by atoms with Crippen LogP contribution >= 0.6 is 11.3 Å². The Morgan fingerprint density at radius 2 is 2.03 bits per heavy atom. The van der Waals surface area contributed by atoms with Crippen molar-refractivity contribution in [2.24, 2.45) is 12.8 Å². The van der Waals surface area contributed by atoms with Gasteiger partial charge in [-0.1, -0.05) is 0 Å². The Balaban J connectivity index is 1.75. The van der Waals surface area contributed by atoms with E-state index in [1.165, 1.54) is 21.8 Å². The highest BCUT2D eigenvalue weighted by Gasteiger charge is 2.40. The number of nitrogen functional groups attached to an aromatic ring is 1. The predicted octanol–water partition coefficient (Wildman–Crippen LogP) is 3.22. The van der Waals surface area contributed by atoms with Gasteiger partial charge in [0.2, 0.25) is 0 Å². The SMILES string of the molecule is Cn1ncc(-c2cc(N)c(F)c(NC(=O)c3cscn3)c2F)c1N1CCC(N)C(F)(F)CC1. The third-order valence-electron chi connectivity index (χ3n) is 5.60. The maximum Gasteiger partial charge on any atom is 0.275 e. The quantitative estimate of drug-likeness (QED) is 0.388. The van der Waals surface area contributed by atoms with Crippen LogP contribution in [0.3, 0.4) is 0 Å². The number of nitrogens with one attached hydrogen (secondary N) is 1. The first-order valence-corrected chi connectivity index (χ1v) is 10.9. The van der Waals surface area contributed by atoms with Crippen LogP contribution in [0, 0.1) is 11.6 Å². The predicted molar refractivity (Wildman–Crippen MR) is 117 cm³/mol. The smallest absolute Gasteiger partial charge is 0.275 e. The summed E-state index contributed by atoms with van der Waals surface area (Å²) in [6, 6.07) is -0.216. The normalized spacial score (nSPS) is 18.2. The van der Waals surface area contributed by atoms with Gasteiger partial charge >= 0.3 is 0 Å². The highest BCUT2D eigenvalue weighted by molar-refractivity contribution is 7.07. The van der Waals surface area contributed by atoms with Crippen molar-refractivity contribution in [1.82, 2.24) is 14.8 Å². The van der Waals surface area contributed by atoms with Crippen LogP contribution in [0.2, 0.25) is 0 Å². The van der Waals surface area contributed by atoms with E-state index in [9.17, 15) is 18.0 Å². The van der Waals surface area contributed by atoms with Crippen molar-refractivity contribution in [2.45, 2.75) is 24.8 Å². The third kappa shape index (κ3) is 4.25. The second-order valence-electron chi connectivity index (χ2n) is 7.74. The molecule has 1 saturated heterocycles. The minimum absolute atomic E-state index is 0.00771. The first-order valence-electron chi connectivity index (χ1n) is 9.98. The van der Waals surface area contributed by atoms with Gasteiger partial charge in [-0.2, -0.15) is 5.10 Å². The number of nitrogens with two attached hydrogens (primary N) is 2. The van der Waals surface area contributed by atoms with Gasteiger partial charge < -0.3 is 21.7 Å². The lowest BCUT2D eigenvalue weighted by Gasteiger charge is -2.24. The molecule has 33 heavy (non-hydrogen) atoms. The summed E-state index contributed by atoms with van der Waals surface area (Å²) < 4.78 is 59.8. The lowest BCUT2D eigenvalue weighted by atomic mass is 10.0. The molecule has 3 heterocycles. The molecular formula is C20H21F4N7OS. The van der Waals surface area contributed by atoms with E-state index in [0.717, 1.165) is 17.4 Å². The van der Waals surface area contributed by atoms with Gasteiger partial charge in [-0.3, -0.25) is 9.48 Å².